The molecule has 2 rings (SSSR count). The Balaban J connectivity index is 2.14. The molecule has 2 amide bonds. The predicted octanol–water partition coefficient (Wildman–Crippen LogP) is 3.53. The highest BCUT2D eigenvalue weighted by molar-refractivity contribution is 7.80. The van der Waals surface area contributed by atoms with Gasteiger partial charge in [0.05, 0.1) is 11.8 Å². The SMILES string of the molecule is CCCC(CS)(CCC)CN1C(=O)C2CC(C)CC2C1=O. The van der Waals surface area contributed by atoms with Crippen molar-refractivity contribution in [1.29, 1.82) is 0 Å². The lowest BCUT2D eigenvalue weighted by atomic mass is 9.80. The van der Waals surface area contributed by atoms with Crippen LogP contribution in [0.4, 0.5) is 0 Å². The van der Waals surface area contributed by atoms with E-state index in [1.165, 1.54) is 0 Å². The number of amides is 2. The van der Waals surface area contributed by atoms with Crippen LogP contribution in [-0.4, -0.2) is 29.0 Å². The van der Waals surface area contributed by atoms with Crippen molar-refractivity contribution in [3.8, 4) is 0 Å². The number of likely N-dealkylation sites (tertiary alicyclic amines) is 1. The first-order valence-corrected chi connectivity index (χ1v) is 9.07. The first kappa shape index (κ1) is 16.9. The highest BCUT2D eigenvalue weighted by Gasteiger charge is 2.52. The van der Waals surface area contributed by atoms with Crippen LogP contribution in [0, 0.1) is 23.2 Å². The van der Waals surface area contributed by atoms with Gasteiger partial charge in [0, 0.05) is 6.54 Å². The molecule has 1 heterocycles. The second kappa shape index (κ2) is 6.72. The van der Waals surface area contributed by atoms with Crippen molar-refractivity contribution in [3.05, 3.63) is 0 Å². The van der Waals surface area contributed by atoms with Crippen LogP contribution in [0.25, 0.3) is 0 Å². The summed E-state index contributed by atoms with van der Waals surface area (Å²) in [7, 11) is 0. The van der Waals surface area contributed by atoms with E-state index in [0.717, 1.165) is 44.3 Å². The van der Waals surface area contributed by atoms with Crippen LogP contribution in [0.15, 0.2) is 0 Å². The highest BCUT2D eigenvalue weighted by Crippen LogP contribution is 2.44. The fraction of sp³-hybridized carbons (Fsp3) is 0.882. The van der Waals surface area contributed by atoms with Crippen molar-refractivity contribution in [2.75, 3.05) is 12.3 Å². The van der Waals surface area contributed by atoms with Crippen molar-refractivity contribution < 1.29 is 9.59 Å². The number of hydrogen-bond donors (Lipinski definition) is 1. The standard InChI is InChI=1S/C17H29NO2S/c1-4-6-17(11-21,7-5-2)10-18-15(19)13-8-12(3)9-14(13)16(18)20/h12-14,21H,4-11H2,1-3H3. The molecule has 2 atom stereocenters. The molecule has 0 aromatic carbocycles. The third-order valence-corrected chi connectivity index (χ3v) is 6.03. The summed E-state index contributed by atoms with van der Waals surface area (Å²) < 4.78 is 0. The van der Waals surface area contributed by atoms with Gasteiger partial charge in [0.1, 0.15) is 0 Å². The van der Waals surface area contributed by atoms with Crippen LogP contribution in [-0.2, 0) is 9.59 Å². The normalized spacial score (nSPS) is 29.3. The molecule has 2 aliphatic rings. The highest BCUT2D eigenvalue weighted by atomic mass is 32.1. The summed E-state index contributed by atoms with van der Waals surface area (Å²) in [5.74, 6) is 1.37. The van der Waals surface area contributed by atoms with E-state index in [1.807, 2.05) is 0 Å². The molecule has 21 heavy (non-hydrogen) atoms. The second-order valence-electron chi connectivity index (χ2n) is 7.21. The Bertz CT molecular complexity index is 380. The summed E-state index contributed by atoms with van der Waals surface area (Å²) in [5.41, 5.74) is 0.00217. The number of imide groups is 1. The minimum absolute atomic E-state index is 0.00217. The van der Waals surface area contributed by atoms with Gasteiger partial charge in [0.2, 0.25) is 11.8 Å². The monoisotopic (exact) mass is 311 g/mol. The number of thiol groups is 1. The number of nitrogens with zero attached hydrogens (tertiary/aromatic N) is 1. The van der Waals surface area contributed by atoms with Gasteiger partial charge in [-0.1, -0.05) is 33.6 Å². The van der Waals surface area contributed by atoms with Crippen LogP contribution < -0.4 is 0 Å². The molecule has 2 fully saturated rings. The largest absolute Gasteiger partial charge is 0.282 e. The lowest BCUT2D eigenvalue weighted by Gasteiger charge is -2.35. The Hall–Kier alpha value is -0.510. The van der Waals surface area contributed by atoms with Gasteiger partial charge in [-0.2, -0.15) is 12.6 Å². The molecular weight excluding hydrogens is 282 g/mol. The molecule has 0 bridgehead atoms. The molecule has 0 aromatic heterocycles. The fourth-order valence-corrected chi connectivity index (χ4v) is 4.81. The summed E-state index contributed by atoms with van der Waals surface area (Å²) in [6, 6.07) is 0. The van der Waals surface area contributed by atoms with Crippen LogP contribution in [0.3, 0.4) is 0 Å². The zero-order valence-corrected chi connectivity index (χ0v) is 14.5. The number of fused-ring (bicyclic) bond motifs is 1. The van der Waals surface area contributed by atoms with Gasteiger partial charge in [-0.15, -0.1) is 0 Å². The molecule has 4 heteroatoms. The molecule has 1 saturated carbocycles. The zero-order valence-electron chi connectivity index (χ0n) is 13.6. The fourth-order valence-electron chi connectivity index (χ4n) is 4.39. The van der Waals surface area contributed by atoms with Gasteiger partial charge in [-0.3, -0.25) is 14.5 Å². The molecule has 1 aliphatic heterocycles. The maximum absolute atomic E-state index is 12.6. The van der Waals surface area contributed by atoms with Crippen LogP contribution in [0.1, 0.15) is 59.3 Å². The van der Waals surface area contributed by atoms with Crippen molar-refractivity contribution in [3.63, 3.8) is 0 Å². The smallest absolute Gasteiger partial charge is 0.233 e. The lowest BCUT2D eigenvalue weighted by Crippen LogP contribution is -2.43. The summed E-state index contributed by atoms with van der Waals surface area (Å²) in [4.78, 5) is 26.8. The quantitative estimate of drug-likeness (QED) is 0.577. The zero-order chi connectivity index (χ0) is 15.6. The average Bonchev–Trinajstić information content (AvgIpc) is 2.93. The van der Waals surface area contributed by atoms with Crippen molar-refractivity contribution in [2.45, 2.75) is 59.3 Å². The van der Waals surface area contributed by atoms with Gasteiger partial charge in [0.25, 0.3) is 0 Å². The third kappa shape index (κ3) is 3.15. The van der Waals surface area contributed by atoms with E-state index in [9.17, 15) is 9.59 Å². The average molecular weight is 311 g/mol. The maximum Gasteiger partial charge on any atom is 0.233 e. The van der Waals surface area contributed by atoms with Gasteiger partial charge in [-0.05, 0) is 42.8 Å². The molecule has 1 saturated heterocycles. The van der Waals surface area contributed by atoms with E-state index >= 15 is 0 Å². The first-order valence-electron chi connectivity index (χ1n) is 8.44. The van der Waals surface area contributed by atoms with Crippen LogP contribution >= 0.6 is 12.6 Å². The molecule has 1 aliphatic carbocycles. The molecule has 3 nitrogen and oxygen atoms in total. The molecule has 0 spiro atoms. The van der Waals surface area contributed by atoms with E-state index in [2.05, 4.69) is 33.4 Å². The van der Waals surface area contributed by atoms with Crippen molar-refractivity contribution >= 4 is 24.4 Å². The summed E-state index contributed by atoms with van der Waals surface area (Å²) in [5, 5.41) is 0. The van der Waals surface area contributed by atoms with Gasteiger partial charge >= 0.3 is 0 Å². The number of carbonyl (C=O) groups excluding carboxylic acids is 2. The number of carbonyl (C=O) groups is 2. The van der Waals surface area contributed by atoms with E-state index in [0.29, 0.717) is 12.5 Å². The molecule has 0 radical (unpaired) electrons. The molecule has 0 N–H and O–H groups in total. The van der Waals surface area contributed by atoms with E-state index in [1.54, 1.807) is 4.90 Å². The lowest BCUT2D eigenvalue weighted by molar-refractivity contribution is -0.142. The molecule has 0 aromatic rings. The third-order valence-electron chi connectivity index (χ3n) is 5.35. The molecule has 120 valence electrons. The predicted molar refractivity (Wildman–Crippen MR) is 88.2 cm³/mol. The minimum Gasteiger partial charge on any atom is -0.282 e. The Morgan fingerprint density at radius 3 is 1.95 bits per heavy atom. The van der Waals surface area contributed by atoms with E-state index in [4.69, 9.17) is 0 Å². The molecular formula is C17H29NO2S. The summed E-state index contributed by atoms with van der Waals surface area (Å²) in [6.45, 7) is 7.06. The van der Waals surface area contributed by atoms with Crippen molar-refractivity contribution in [2.24, 2.45) is 23.2 Å². The summed E-state index contributed by atoms with van der Waals surface area (Å²) in [6.07, 6.45) is 5.99. The van der Waals surface area contributed by atoms with Crippen LogP contribution in [0.2, 0.25) is 0 Å². The first-order chi connectivity index (χ1) is 9.98. The number of rotatable bonds is 7. The Kier molecular flexibility index (Phi) is 5.39. The van der Waals surface area contributed by atoms with Gasteiger partial charge < -0.3 is 0 Å². The van der Waals surface area contributed by atoms with Crippen LogP contribution in [0.5, 0.6) is 0 Å². The topological polar surface area (TPSA) is 37.4 Å². The Morgan fingerprint density at radius 2 is 1.57 bits per heavy atom. The van der Waals surface area contributed by atoms with Gasteiger partial charge in [0.15, 0.2) is 0 Å². The van der Waals surface area contributed by atoms with Crippen molar-refractivity contribution in [1.82, 2.24) is 4.90 Å². The minimum atomic E-state index is -0.0339. The second-order valence-corrected chi connectivity index (χ2v) is 7.53. The van der Waals surface area contributed by atoms with E-state index < -0.39 is 0 Å². The molecule has 2 unspecified atom stereocenters. The Labute approximate surface area is 134 Å². The van der Waals surface area contributed by atoms with E-state index in [-0.39, 0.29) is 29.1 Å². The Morgan fingerprint density at radius 1 is 1.10 bits per heavy atom. The van der Waals surface area contributed by atoms with Gasteiger partial charge in [-0.25, -0.2) is 0 Å². The maximum atomic E-state index is 12.6. The number of hydrogen-bond acceptors (Lipinski definition) is 3. The summed E-state index contributed by atoms with van der Waals surface area (Å²) >= 11 is 4.55.